The highest BCUT2D eigenvalue weighted by molar-refractivity contribution is 6.14. The van der Waals surface area contributed by atoms with Crippen LogP contribution in [-0.2, 0) is 16.1 Å². The highest BCUT2D eigenvalue weighted by Crippen LogP contribution is 2.33. The van der Waals surface area contributed by atoms with Crippen LogP contribution in [0.4, 0.5) is 10.5 Å². The third-order valence-corrected chi connectivity index (χ3v) is 4.20. The van der Waals surface area contributed by atoms with Gasteiger partial charge >= 0.3 is 17.7 Å². The summed E-state index contributed by atoms with van der Waals surface area (Å²) in [7, 11) is 1.20. The Kier molecular flexibility index (Phi) is 6.05. The predicted octanol–water partition coefficient (Wildman–Crippen LogP) is 2.85. The Bertz CT molecular complexity index is 1090. The first kappa shape index (κ1) is 21.6. The molecule has 31 heavy (non-hydrogen) atoms. The summed E-state index contributed by atoms with van der Waals surface area (Å²) in [5, 5.41) is 13.8. The minimum atomic E-state index is -0.705. The Labute approximate surface area is 176 Å². The lowest BCUT2D eigenvalue weighted by Gasteiger charge is -2.13. The van der Waals surface area contributed by atoms with Crippen LogP contribution in [-0.4, -0.2) is 40.9 Å². The molecule has 0 radical (unpaired) electrons. The molecule has 3 rings (SSSR count). The molecule has 0 unspecified atom stereocenters. The van der Waals surface area contributed by atoms with Crippen LogP contribution in [0.2, 0.25) is 0 Å². The number of carbonyl (C=O) groups excluding carboxylic acids is 3. The minimum absolute atomic E-state index is 0.00995. The molecule has 162 valence electrons. The number of imide groups is 1. The molecule has 0 aliphatic carbocycles. The quantitative estimate of drug-likeness (QED) is 0.233. The number of furan rings is 1. The van der Waals surface area contributed by atoms with E-state index in [1.54, 1.807) is 13.8 Å². The van der Waals surface area contributed by atoms with Crippen molar-refractivity contribution in [1.82, 2.24) is 10.2 Å². The molecule has 0 atom stereocenters. The number of methoxy groups -OCH3 is 1. The molecule has 0 spiro atoms. The molecule has 1 fully saturated rings. The molecule has 1 N–H and O–H groups in total. The van der Waals surface area contributed by atoms with Gasteiger partial charge in [-0.25, -0.2) is 9.59 Å². The summed E-state index contributed by atoms with van der Waals surface area (Å²) in [6, 6.07) is 6.39. The lowest BCUT2D eigenvalue weighted by molar-refractivity contribution is -0.386. The van der Waals surface area contributed by atoms with Crippen molar-refractivity contribution >= 4 is 29.7 Å². The van der Waals surface area contributed by atoms with E-state index in [4.69, 9.17) is 9.15 Å². The van der Waals surface area contributed by atoms with Gasteiger partial charge in [0.1, 0.15) is 11.5 Å². The molecule has 1 aromatic heterocycles. The molecule has 0 bridgehead atoms. The van der Waals surface area contributed by atoms with Gasteiger partial charge in [-0.05, 0) is 32.1 Å². The summed E-state index contributed by atoms with van der Waals surface area (Å²) in [5.41, 5.74) is -0.0826. The summed E-state index contributed by atoms with van der Waals surface area (Å²) in [6.07, 6.45) is 0.957. The van der Waals surface area contributed by atoms with Gasteiger partial charge < -0.3 is 19.2 Å². The number of esters is 1. The van der Waals surface area contributed by atoms with Crippen molar-refractivity contribution in [3.63, 3.8) is 0 Å². The Morgan fingerprint density at radius 3 is 2.68 bits per heavy atom. The number of hydrogen-bond donors (Lipinski definition) is 1. The second-order valence-electron chi connectivity index (χ2n) is 6.76. The minimum Gasteiger partial charge on any atom is -0.484 e. The van der Waals surface area contributed by atoms with Crippen LogP contribution in [0.25, 0.3) is 6.08 Å². The van der Waals surface area contributed by atoms with Crippen molar-refractivity contribution in [2.24, 2.45) is 0 Å². The highest BCUT2D eigenvalue weighted by atomic mass is 16.6. The lowest BCUT2D eigenvalue weighted by atomic mass is 10.1. The zero-order chi connectivity index (χ0) is 22.7. The van der Waals surface area contributed by atoms with Crippen LogP contribution >= 0.6 is 0 Å². The molecular weight excluding hydrogens is 410 g/mol. The molecule has 2 aromatic rings. The number of benzene rings is 1. The van der Waals surface area contributed by atoms with Crippen LogP contribution in [0.3, 0.4) is 0 Å². The van der Waals surface area contributed by atoms with Crippen molar-refractivity contribution in [2.75, 3.05) is 7.11 Å². The van der Waals surface area contributed by atoms with Gasteiger partial charge in [0.05, 0.1) is 24.7 Å². The lowest BCUT2D eigenvalue weighted by Crippen LogP contribution is -2.30. The summed E-state index contributed by atoms with van der Waals surface area (Å²) in [5.74, 6) is -1.23. The average molecular weight is 429 g/mol. The molecular formula is C20H19N3O8. The fourth-order valence-corrected chi connectivity index (χ4v) is 2.86. The number of nitro groups is 1. The monoisotopic (exact) mass is 429 g/mol. The molecule has 0 saturated carbocycles. The van der Waals surface area contributed by atoms with Gasteiger partial charge in [0, 0.05) is 11.6 Å². The van der Waals surface area contributed by atoms with Gasteiger partial charge in [0.2, 0.25) is 11.5 Å². The van der Waals surface area contributed by atoms with Crippen molar-refractivity contribution in [3.8, 4) is 5.75 Å². The number of carbonyl (C=O) groups is 3. The number of amides is 3. The maximum atomic E-state index is 12.7. The second-order valence-corrected chi connectivity index (χ2v) is 6.76. The Morgan fingerprint density at radius 1 is 1.29 bits per heavy atom. The van der Waals surface area contributed by atoms with E-state index in [-0.39, 0.29) is 46.9 Å². The Balaban J connectivity index is 1.88. The number of hydrogen-bond acceptors (Lipinski definition) is 8. The van der Waals surface area contributed by atoms with E-state index in [1.165, 1.54) is 43.5 Å². The Morgan fingerprint density at radius 2 is 2.03 bits per heavy atom. The number of ether oxygens (including phenoxy) is 2. The molecule has 2 heterocycles. The first-order valence-corrected chi connectivity index (χ1v) is 9.17. The van der Waals surface area contributed by atoms with E-state index in [0.29, 0.717) is 0 Å². The van der Waals surface area contributed by atoms with E-state index in [2.05, 4.69) is 10.1 Å². The van der Waals surface area contributed by atoms with Crippen molar-refractivity contribution in [3.05, 3.63) is 63.2 Å². The van der Waals surface area contributed by atoms with Crippen molar-refractivity contribution in [2.45, 2.75) is 26.5 Å². The van der Waals surface area contributed by atoms with Crippen LogP contribution in [0.1, 0.15) is 35.7 Å². The third-order valence-electron chi connectivity index (χ3n) is 4.20. The topological polar surface area (TPSA) is 141 Å². The maximum Gasteiger partial charge on any atom is 0.373 e. The number of nitrogens with one attached hydrogen (secondary N) is 1. The largest absolute Gasteiger partial charge is 0.484 e. The molecule has 11 nitrogen and oxygen atoms in total. The number of rotatable bonds is 7. The summed E-state index contributed by atoms with van der Waals surface area (Å²) < 4.78 is 15.4. The number of nitrogens with zero attached hydrogens (tertiary/aromatic N) is 2. The molecule has 11 heteroatoms. The summed E-state index contributed by atoms with van der Waals surface area (Å²) >= 11 is 0. The fraction of sp³-hybridized carbons (Fsp3) is 0.250. The van der Waals surface area contributed by atoms with Gasteiger partial charge in [-0.1, -0.05) is 12.1 Å². The number of para-hydroxylation sites is 1. The van der Waals surface area contributed by atoms with E-state index in [0.717, 1.165) is 4.90 Å². The highest BCUT2D eigenvalue weighted by Gasteiger charge is 2.35. The predicted molar refractivity (Wildman–Crippen MR) is 106 cm³/mol. The zero-order valence-electron chi connectivity index (χ0n) is 16.9. The van der Waals surface area contributed by atoms with E-state index in [1.807, 2.05) is 0 Å². The van der Waals surface area contributed by atoms with Gasteiger partial charge in [-0.15, -0.1) is 0 Å². The summed E-state index contributed by atoms with van der Waals surface area (Å²) in [6.45, 7) is 3.21. The van der Waals surface area contributed by atoms with E-state index < -0.39 is 22.8 Å². The van der Waals surface area contributed by atoms with Crippen LogP contribution in [0.5, 0.6) is 5.75 Å². The molecule has 3 amide bonds. The zero-order valence-corrected chi connectivity index (χ0v) is 16.9. The third kappa shape index (κ3) is 4.55. The summed E-state index contributed by atoms with van der Waals surface area (Å²) in [4.78, 5) is 48.2. The van der Waals surface area contributed by atoms with E-state index >= 15 is 0 Å². The van der Waals surface area contributed by atoms with Gasteiger partial charge in [-0.2, -0.15) is 0 Å². The van der Waals surface area contributed by atoms with E-state index in [9.17, 15) is 24.5 Å². The van der Waals surface area contributed by atoms with Gasteiger partial charge in [0.25, 0.3) is 5.91 Å². The first-order chi connectivity index (χ1) is 14.7. The van der Waals surface area contributed by atoms with Crippen LogP contribution < -0.4 is 10.1 Å². The normalized spacial score (nSPS) is 14.8. The van der Waals surface area contributed by atoms with Gasteiger partial charge in [-0.3, -0.25) is 19.8 Å². The number of urea groups is 1. The standard InChI is InChI=1S/C20H19N3O8/c1-11(2)30-17-12(5-4-6-15(17)23(27)28)9-14-18(24)22(20(26)21-14)10-13-7-8-16(31-13)19(25)29-3/h4-9,11H,10H2,1-3H3,(H,21,26)/b14-9-. The Hall–Kier alpha value is -4.15. The molecule has 1 aliphatic rings. The molecule has 1 saturated heterocycles. The first-order valence-electron chi connectivity index (χ1n) is 9.17. The second kappa shape index (κ2) is 8.69. The number of nitro benzene ring substituents is 1. The van der Waals surface area contributed by atoms with Crippen LogP contribution in [0.15, 0.2) is 40.4 Å². The molecule has 1 aliphatic heterocycles. The van der Waals surface area contributed by atoms with Crippen LogP contribution in [0, 0.1) is 10.1 Å². The molecule has 1 aromatic carbocycles. The van der Waals surface area contributed by atoms with Gasteiger partial charge in [0.15, 0.2) is 0 Å². The van der Waals surface area contributed by atoms with Crippen molar-refractivity contribution in [1.29, 1.82) is 0 Å². The van der Waals surface area contributed by atoms with Crippen molar-refractivity contribution < 1.29 is 33.2 Å². The fourth-order valence-electron chi connectivity index (χ4n) is 2.86. The average Bonchev–Trinajstić information content (AvgIpc) is 3.28. The SMILES string of the molecule is COC(=O)c1ccc(CN2C(=O)N/C(=C\c3cccc([N+](=O)[O-])c3OC(C)C)C2=O)o1. The smallest absolute Gasteiger partial charge is 0.373 e. The maximum absolute atomic E-state index is 12.7.